The Kier molecular flexibility index (Phi) is 2.23. The van der Waals surface area contributed by atoms with Crippen molar-refractivity contribution in [3.05, 3.63) is 51.7 Å². The van der Waals surface area contributed by atoms with Gasteiger partial charge in [-0.3, -0.25) is 4.57 Å². The lowest BCUT2D eigenvalue weighted by molar-refractivity contribution is 0.961. The monoisotopic (exact) mass is 202 g/mol. The number of hydrogen-bond donors (Lipinski definition) is 1. The van der Waals surface area contributed by atoms with Crippen LogP contribution in [0.2, 0.25) is 0 Å². The largest absolute Gasteiger partial charge is 0.330 e. The smallest absolute Gasteiger partial charge is 0.312 e. The molecule has 0 aliphatic carbocycles. The zero-order valence-corrected chi connectivity index (χ0v) is 9.16. The molecule has 0 bridgehead atoms. The highest BCUT2D eigenvalue weighted by Crippen LogP contribution is 2.19. The van der Waals surface area contributed by atoms with Gasteiger partial charge >= 0.3 is 5.69 Å². The molecule has 0 radical (unpaired) electrons. The first-order valence-electron chi connectivity index (χ1n) is 4.94. The molecule has 2 aromatic rings. The summed E-state index contributed by atoms with van der Waals surface area (Å²) >= 11 is 0. The van der Waals surface area contributed by atoms with Crippen LogP contribution in [-0.4, -0.2) is 9.55 Å². The Morgan fingerprint density at radius 3 is 2.20 bits per heavy atom. The van der Waals surface area contributed by atoms with Crippen LogP contribution in [0.15, 0.2) is 29.3 Å². The first-order chi connectivity index (χ1) is 7.09. The Labute approximate surface area is 88.4 Å². The minimum absolute atomic E-state index is 0.0925. The van der Waals surface area contributed by atoms with E-state index in [9.17, 15) is 4.79 Å². The summed E-state index contributed by atoms with van der Waals surface area (Å²) < 4.78 is 1.64. The number of H-pyrrole nitrogens is 1. The van der Waals surface area contributed by atoms with E-state index in [-0.39, 0.29) is 5.69 Å². The van der Waals surface area contributed by atoms with Crippen molar-refractivity contribution >= 4 is 0 Å². The van der Waals surface area contributed by atoms with E-state index in [1.165, 1.54) is 5.56 Å². The topological polar surface area (TPSA) is 37.8 Å². The summed E-state index contributed by atoms with van der Waals surface area (Å²) in [6.07, 6.45) is 3.41. The van der Waals surface area contributed by atoms with Gasteiger partial charge in [-0.05, 0) is 31.9 Å². The number of nitrogens with zero attached hydrogens (tertiary/aromatic N) is 1. The van der Waals surface area contributed by atoms with Gasteiger partial charge in [-0.25, -0.2) is 4.79 Å². The van der Waals surface area contributed by atoms with Gasteiger partial charge in [-0.1, -0.05) is 17.7 Å². The summed E-state index contributed by atoms with van der Waals surface area (Å²) in [5.41, 5.74) is 4.35. The molecule has 1 N–H and O–H groups in total. The molecular formula is C12H14N2O. The van der Waals surface area contributed by atoms with E-state index in [2.05, 4.69) is 24.0 Å². The van der Waals surface area contributed by atoms with E-state index in [0.29, 0.717) is 0 Å². The standard InChI is InChI=1S/C12H14N2O/c1-8-6-9(2)11(10(3)7-8)14-5-4-13-12(14)15/h4-7H,1-3H3,(H,13,15). The van der Waals surface area contributed by atoms with Crippen molar-refractivity contribution in [1.29, 1.82) is 0 Å². The third kappa shape index (κ3) is 1.61. The number of imidazole rings is 1. The molecule has 0 fully saturated rings. The molecule has 0 saturated heterocycles. The Morgan fingerprint density at radius 2 is 1.73 bits per heavy atom. The quantitative estimate of drug-likeness (QED) is 0.755. The van der Waals surface area contributed by atoms with Gasteiger partial charge in [0, 0.05) is 12.4 Å². The van der Waals surface area contributed by atoms with Gasteiger partial charge in [0.05, 0.1) is 5.69 Å². The summed E-state index contributed by atoms with van der Waals surface area (Å²) in [4.78, 5) is 14.2. The highest BCUT2D eigenvalue weighted by Gasteiger charge is 2.07. The Bertz CT molecular complexity index is 526. The highest BCUT2D eigenvalue weighted by atomic mass is 16.1. The van der Waals surface area contributed by atoms with Crippen molar-refractivity contribution in [2.75, 3.05) is 0 Å². The van der Waals surface area contributed by atoms with E-state index < -0.39 is 0 Å². The second-order valence-electron chi connectivity index (χ2n) is 3.88. The van der Waals surface area contributed by atoms with Gasteiger partial charge in [0.1, 0.15) is 0 Å². The fourth-order valence-electron chi connectivity index (χ4n) is 2.05. The van der Waals surface area contributed by atoms with Crippen molar-refractivity contribution in [2.45, 2.75) is 20.8 Å². The number of benzene rings is 1. The van der Waals surface area contributed by atoms with E-state index in [0.717, 1.165) is 16.8 Å². The Hall–Kier alpha value is -1.77. The van der Waals surface area contributed by atoms with Gasteiger partial charge in [0.2, 0.25) is 0 Å². The van der Waals surface area contributed by atoms with Crippen molar-refractivity contribution in [3.63, 3.8) is 0 Å². The molecule has 2 rings (SSSR count). The predicted molar refractivity (Wildman–Crippen MR) is 60.6 cm³/mol. The lowest BCUT2D eigenvalue weighted by Gasteiger charge is -2.10. The molecule has 78 valence electrons. The van der Waals surface area contributed by atoms with Crippen molar-refractivity contribution < 1.29 is 0 Å². The van der Waals surface area contributed by atoms with Gasteiger partial charge in [0.15, 0.2) is 0 Å². The predicted octanol–water partition coefficient (Wildman–Crippen LogP) is 2.09. The molecule has 0 aliphatic rings. The third-order valence-corrected chi connectivity index (χ3v) is 2.53. The molecule has 0 aliphatic heterocycles. The average Bonchev–Trinajstić information content (AvgIpc) is 2.50. The lowest BCUT2D eigenvalue weighted by Crippen LogP contribution is -2.16. The van der Waals surface area contributed by atoms with E-state index in [1.54, 1.807) is 17.0 Å². The molecule has 1 aromatic heterocycles. The second-order valence-corrected chi connectivity index (χ2v) is 3.88. The fraction of sp³-hybridized carbons (Fsp3) is 0.250. The highest BCUT2D eigenvalue weighted by molar-refractivity contribution is 5.49. The van der Waals surface area contributed by atoms with Gasteiger partial charge in [-0.2, -0.15) is 0 Å². The minimum atomic E-state index is -0.0925. The molecule has 0 amide bonds. The number of nitrogens with one attached hydrogen (secondary N) is 1. The normalized spacial score (nSPS) is 10.6. The van der Waals surface area contributed by atoms with Gasteiger partial charge in [-0.15, -0.1) is 0 Å². The molecule has 3 nitrogen and oxygen atoms in total. The van der Waals surface area contributed by atoms with Crippen LogP contribution in [-0.2, 0) is 0 Å². The molecule has 3 heteroatoms. The molecule has 15 heavy (non-hydrogen) atoms. The average molecular weight is 202 g/mol. The summed E-state index contributed by atoms with van der Waals surface area (Å²) in [5.74, 6) is 0. The van der Waals surface area contributed by atoms with Crippen LogP contribution >= 0.6 is 0 Å². The summed E-state index contributed by atoms with van der Waals surface area (Å²) in [6, 6.07) is 4.17. The molecule has 0 saturated carbocycles. The number of hydrogen-bond acceptors (Lipinski definition) is 1. The van der Waals surface area contributed by atoms with Crippen molar-refractivity contribution in [1.82, 2.24) is 9.55 Å². The van der Waals surface area contributed by atoms with E-state index in [4.69, 9.17) is 0 Å². The van der Waals surface area contributed by atoms with Gasteiger partial charge < -0.3 is 4.98 Å². The zero-order valence-electron chi connectivity index (χ0n) is 9.16. The Balaban J connectivity index is 2.74. The minimum Gasteiger partial charge on any atom is -0.312 e. The molecular weight excluding hydrogens is 188 g/mol. The number of aromatic nitrogens is 2. The molecule has 1 heterocycles. The van der Waals surface area contributed by atoms with E-state index in [1.807, 2.05) is 13.8 Å². The van der Waals surface area contributed by atoms with E-state index >= 15 is 0 Å². The van der Waals surface area contributed by atoms with Crippen molar-refractivity contribution in [3.8, 4) is 5.69 Å². The van der Waals surface area contributed by atoms with Crippen molar-refractivity contribution in [2.24, 2.45) is 0 Å². The molecule has 0 atom stereocenters. The SMILES string of the molecule is Cc1cc(C)c(-n2cc[nH]c2=O)c(C)c1. The molecule has 0 unspecified atom stereocenters. The zero-order chi connectivity index (χ0) is 11.0. The van der Waals surface area contributed by atoms with Crippen LogP contribution in [0.5, 0.6) is 0 Å². The maximum absolute atomic E-state index is 11.5. The number of aryl methyl sites for hydroxylation is 3. The van der Waals surface area contributed by atoms with Crippen LogP contribution in [0.4, 0.5) is 0 Å². The maximum Gasteiger partial charge on any atom is 0.330 e. The Morgan fingerprint density at radius 1 is 1.13 bits per heavy atom. The number of rotatable bonds is 1. The van der Waals surface area contributed by atoms with Crippen LogP contribution in [0.25, 0.3) is 5.69 Å². The molecule has 0 spiro atoms. The maximum atomic E-state index is 11.5. The summed E-state index contributed by atoms with van der Waals surface area (Å²) in [6.45, 7) is 6.10. The number of aromatic amines is 1. The summed E-state index contributed by atoms with van der Waals surface area (Å²) in [5, 5.41) is 0. The second kappa shape index (κ2) is 3.42. The van der Waals surface area contributed by atoms with Crippen LogP contribution in [0, 0.1) is 20.8 Å². The first-order valence-corrected chi connectivity index (χ1v) is 4.94. The first kappa shape index (κ1) is 9.77. The molecule has 1 aromatic carbocycles. The fourth-order valence-corrected chi connectivity index (χ4v) is 2.05. The third-order valence-electron chi connectivity index (χ3n) is 2.53. The summed E-state index contributed by atoms with van der Waals surface area (Å²) in [7, 11) is 0. The van der Waals surface area contributed by atoms with Crippen LogP contribution < -0.4 is 5.69 Å². The van der Waals surface area contributed by atoms with Gasteiger partial charge in [0.25, 0.3) is 0 Å². The van der Waals surface area contributed by atoms with Crippen LogP contribution in [0.3, 0.4) is 0 Å². The van der Waals surface area contributed by atoms with Crippen LogP contribution in [0.1, 0.15) is 16.7 Å². The lowest BCUT2D eigenvalue weighted by atomic mass is 10.1.